The fraction of sp³-hybridized carbons (Fsp3) is 0.263. The van der Waals surface area contributed by atoms with Gasteiger partial charge in [-0.25, -0.2) is 13.6 Å². The summed E-state index contributed by atoms with van der Waals surface area (Å²) in [5, 5.41) is 11.8. The second-order valence-corrected chi connectivity index (χ2v) is 6.17. The Morgan fingerprint density at radius 1 is 1.23 bits per heavy atom. The van der Waals surface area contributed by atoms with Gasteiger partial charge in [0.25, 0.3) is 0 Å². The fourth-order valence-electron chi connectivity index (χ4n) is 2.97. The van der Waals surface area contributed by atoms with Crippen LogP contribution >= 0.6 is 0 Å². The molecule has 7 heteroatoms. The highest BCUT2D eigenvalue weighted by atomic mass is 19.1. The van der Waals surface area contributed by atoms with Gasteiger partial charge in [0.05, 0.1) is 7.11 Å². The largest absolute Gasteiger partial charge is 0.496 e. The number of halogens is 2. The number of hydrogen-bond donors (Lipinski definition) is 2. The number of benzene rings is 2. The molecule has 2 aromatic carbocycles. The van der Waals surface area contributed by atoms with Crippen molar-refractivity contribution < 1.29 is 28.2 Å². The van der Waals surface area contributed by atoms with Gasteiger partial charge in [-0.3, -0.25) is 4.79 Å². The summed E-state index contributed by atoms with van der Waals surface area (Å²) in [6.45, 7) is 0.199. The van der Waals surface area contributed by atoms with Crippen LogP contribution in [0.5, 0.6) is 5.75 Å². The maximum Gasteiger partial charge on any atom is 0.339 e. The topological polar surface area (TPSA) is 75.6 Å². The molecule has 0 saturated heterocycles. The predicted molar refractivity (Wildman–Crippen MR) is 89.0 cm³/mol. The molecule has 1 aliphatic carbocycles. The highest BCUT2D eigenvalue weighted by Gasteiger charge is 2.45. The van der Waals surface area contributed by atoms with Crippen molar-refractivity contribution >= 4 is 11.9 Å². The van der Waals surface area contributed by atoms with Gasteiger partial charge in [0.1, 0.15) is 22.9 Å². The monoisotopic (exact) mass is 361 g/mol. The molecule has 26 heavy (non-hydrogen) atoms. The van der Waals surface area contributed by atoms with Crippen LogP contribution in [0.2, 0.25) is 0 Å². The van der Waals surface area contributed by atoms with Gasteiger partial charge in [0, 0.05) is 18.5 Å². The minimum Gasteiger partial charge on any atom is -0.496 e. The summed E-state index contributed by atoms with van der Waals surface area (Å²) in [6, 6.07) is 7.93. The van der Waals surface area contributed by atoms with Crippen molar-refractivity contribution in [1.29, 1.82) is 0 Å². The third kappa shape index (κ3) is 3.66. The van der Waals surface area contributed by atoms with E-state index in [1.165, 1.54) is 25.3 Å². The Bertz CT molecular complexity index is 869. The summed E-state index contributed by atoms with van der Waals surface area (Å²) in [6.07, 6.45) is 0.510. The highest BCUT2D eigenvalue weighted by Crippen LogP contribution is 2.48. The zero-order chi connectivity index (χ0) is 18.8. The molecule has 2 atom stereocenters. The van der Waals surface area contributed by atoms with E-state index in [2.05, 4.69) is 5.32 Å². The molecule has 3 rings (SSSR count). The molecule has 0 unspecified atom stereocenters. The molecule has 0 spiro atoms. The molecular formula is C19H17F2NO4. The van der Waals surface area contributed by atoms with Crippen molar-refractivity contribution in [3.05, 3.63) is 64.7 Å². The second kappa shape index (κ2) is 7.11. The van der Waals surface area contributed by atoms with Crippen LogP contribution in [0.3, 0.4) is 0 Å². The van der Waals surface area contributed by atoms with Gasteiger partial charge in [0.2, 0.25) is 5.91 Å². The van der Waals surface area contributed by atoms with Crippen LogP contribution in [0.1, 0.15) is 33.8 Å². The first-order chi connectivity index (χ1) is 12.4. The van der Waals surface area contributed by atoms with Crippen molar-refractivity contribution in [2.45, 2.75) is 18.9 Å². The summed E-state index contributed by atoms with van der Waals surface area (Å²) in [4.78, 5) is 23.3. The van der Waals surface area contributed by atoms with Gasteiger partial charge >= 0.3 is 5.97 Å². The summed E-state index contributed by atoms with van der Waals surface area (Å²) >= 11 is 0. The average Bonchev–Trinajstić information content (AvgIpc) is 3.39. The van der Waals surface area contributed by atoms with Crippen LogP contribution < -0.4 is 10.1 Å². The molecule has 136 valence electrons. The van der Waals surface area contributed by atoms with E-state index >= 15 is 0 Å². The number of carboxylic acid groups (broad SMARTS) is 1. The van der Waals surface area contributed by atoms with Crippen LogP contribution in [-0.4, -0.2) is 24.1 Å². The average molecular weight is 361 g/mol. The number of methoxy groups -OCH3 is 1. The lowest BCUT2D eigenvalue weighted by Gasteiger charge is -2.09. The maximum absolute atomic E-state index is 13.8. The number of ether oxygens (including phenoxy) is 1. The Morgan fingerprint density at radius 3 is 2.65 bits per heavy atom. The normalized spacial score (nSPS) is 18.3. The Labute approximate surface area is 148 Å². The molecule has 0 aromatic heterocycles. The predicted octanol–water partition coefficient (Wildman–Crippen LogP) is 3.09. The van der Waals surface area contributed by atoms with Crippen molar-refractivity contribution in [1.82, 2.24) is 5.32 Å². The molecular weight excluding hydrogens is 344 g/mol. The number of rotatable bonds is 6. The molecule has 1 amide bonds. The number of carbonyl (C=O) groups is 2. The molecule has 1 aliphatic rings. The molecule has 1 fully saturated rings. The maximum atomic E-state index is 13.8. The fourth-order valence-corrected chi connectivity index (χ4v) is 2.97. The number of aromatic carboxylic acids is 1. The van der Waals surface area contributed by atoms with Gasteiger partial charge in [-0.1, -0.05) is 12.1 Å². The lowest BCUT2D eigenvalue weighted by molar-refractivity contribution is -0.122. The Balaban J connectivity index is 1.61. The van der Waals surface area contributed by atoms with Crippen LogP contribution in [0.25, 0.3) is 0 Å². The van der Waals surface area contributed by atoms with E-state index in [0.29, 0.717) is 17.5 Å². The first-order valence-electron chi connectivity index (χ1n) is 8.03. The van der Waals surface area contributed by atoms with Crippen molar-refractivity contribution in [3.8, 4) is 5.75 Å². The molecule has 2 N–H and O–H groups in total. The molecule has 0 radical (unpaired) electrons. The zero-order valence-corrected chi connectivity index (χ0v) is 14.0. The van der Waals surface area contributed by atoms with Crippen LogP contribution in [0.4, 0.5) is 8.78 Å². The van der Waals surface area contributed by atoms with E-state index in [9.17, 15) is 18.4 Å². The summed E-state index contributed by atoms with van der Waals surface area (Å²) in [5.41, 5.74) is 1.07. The van der Waals surface area contributed by atoms with Gasteiger partial charge in [0.15, 0.2) is 0 Å². The number of carboxylic acids is 1. The van der Waals surface area contributed by atoms with Gasteiger partial charge in [-0.05, 0) is 41.7 Å². The third-order valence-electron chi connectivity index (χ3n) is 4.45. The minimum absolute atomic E-state index is 0.0385. The first kappa shape index (κ1) is 17.8. The smallest absolute Gasteiger partial charge is 0.339 e. The molecule has 0 aliphatic heterocycles. The third-order valence-corrected chi connectivity index (χ3v) is 4.45. The molecule has 5 nitrogen and oxygen atoms in total. The number of nitrogens with one attached hydrogen (secondary N) is 1. The Morgan fingerprint density at radius 2 is 2.00 bits per heavy atom. The van der Waals surface area contributed by atoms with E-state index in [4.69, 9.17) is 9.84 Å². The summed E-state index contributed by atoms with van der Waals surface area (Å²) in [7, 11) is 1.37. The summed E-state index contributed by atoms with van der Waals surface area (Å²) < 4.78 is 31.8. The van der Waals surface area contributed by atoms with Gasteiger partial charge < -0.3 is 15.2 Å². The number of hydrogen-bond acceptors (Lipinski definition) is 3. The number of amides is 1. The molecule has 0 bridgehead atoms. The highest BCUT2D eigenvalue weighted by molar-refractivity contribution is 5.91. The molecule has 1 saturated carbocycles. The first-order valence-corrected chi connectivity index (χ1v) is 8.03. The minimum atomic E-state index is -1.10. The van der Waals surface area contributed by atoms with E-state index in [1.54, 1.807) is 12.1 Å². The van der Waals surface area contributed by atoms with Gasteiger partial charge in [-0.2, -0.15) is 0 Å². The van der Waals surface area contributed by atoms with Crippen LogP contribution in [0.15, 0.2) is 36.4 Å². The van der Waals surface area contributed by atoms with Crippen LogP contribution in [-0.2, 0) is 11.3 Å². The van der Waals surface area contributed by atoms with Crippen molar-refractivity contribution in [3.63, 3.8) is 0 Å². The Hall–Kier alpha value is -2.96. The van der Waals surface area contributed by atoms with E-state index < -0.39 is 17.6 Å². The standard InChI is InChI=1S/C19H17F2NO4/c1-26-17-6-10(2-4-13(17)19(24)25)9-22-18(23)15-8-14(15)12-5-3-11(20)7-16(12)21/h2-7,14-15H,8-9H2,1H3,(H,22,23)(H,24,25)/t14-,15+/m1/s1. The Kier molecular flexibility index (Phi) is 4.88. The summed E-state index contributed by atoms with van der Waals surface area (Å²) in [5.74, 6) is -3.00. The quantitative estimate of drug-likeness (QED) is 0.829. The van der Waals surface area contributed by atoms with E-state index in [1.807, 2.05) is 0 Å². The van der Waals surface area contributed by atoms with E-state index in [-0.39, 0.29) is 35.6 Å². The van der Waals surface area contributed by atoms with Crippen LogP contribution in [0, 0.1) is 17.6 Å². The molecule has 0 heterocycles. The van der Waals surface area contributed by atoms with Gasteiger partial charge in [-0.15, -0.1) is 0 Å². The lowest BCUT2D eigenvalue weighted by atomic mass is 10.1. The van der Waals surface area contributed by atoms with Crippen molar-refractivity contribution in [2.75, 3.05) is 7.11 Å². The van der Waals surface area contributed by atoms with E-state index in [0.717, 1.165) is 6.07 Å². The lowest BCUT2D eigenvalue weighted by Crippen LogP contribution is -2.25. The SMILES string of the molecule is COc1cc(CNC(=O)[C@H]2C[C@@H]2c2ccc(F)cc2F)ccc1C(=O)O. The number of carbonyl (C=O) groups excluding carboxylic acids is 1. The zero-order valence-electron chi connectivity index (χ0n) is 14.0. The second-order valence-electron chi connectivity index (χ2n) is 6.17. The van der Waals surface area contributed by atoms with Crippen molar-refractivity contribution in [2.24, 2.45) is 5.92 Å². The molecule has 2 aromatic rings.